The summed E-state index contributed by atoms with van der Waals surface area (Å²) in [5.74, 6) is -0.125. The highest BCUT2D eigenvalue weighted by Gasteiger charge is 2.40. The van der Waals surface area contributed by atoms with E-state index in [1.165, 1.54) is 7.11 Å². The van der Waals surface area contributed by atoms with Crippen molar-refractivity contribution in [1.29, 1.82) is 0 Å². The molecule has 1 heterocycles. The van der Waals surface area contributed by atoms with E-state index < -0.39 is 0 Å². The van der Waals surface area contributed by atoms with Gasteiger partial charge in [0.05, 0.1) is 25.6 Å². The Bertz CT molecular complexity index is 367. The average molecular weight is 299 g/mol. The van der Waals surface area contributed by atoms with E-state index in [0.717, 1.165) is 6.42 Å². The van der Waals surface area contributed by atoms with Crippen LogP contribution < -0.4 is 0 Å². The molecule has 0 saturated carbocycles. The van der Waals surface area contributed by atoms with E-state index in [1.807, 2.05) is 18.7 Å². The lowest BCUT2D eigenvalue weighted by Crippen LogP contribution is -2.44. The van der Waals surface area contributed by atoms with Gasteiger partial charge in [0.25, 0.3) is 0 Å². The largest absolute Gasteiger partial charge is 0.469 e. The quantitative estimate of drug-likeness (QED) is 0.705. The zero-order chi connectivity index (χ0) is 16.2. The first-order valence-electron chi connectivity index (χ1n) is 7.71. The minimum absolute atomic E-state index is 0.0497. The Labute approximate surface area is 128 Å². The van der Waals surface area contributed by atoms with Gasteiger partial charge in [-0.05, 0) is 18.3 Å². The van der Waals surface area contributed by atoms with Gasteiger partial charge in [-0.1, -0.05) is 27.7 Å². The van der Waals surface area contributed by atoms with Gasteiger partial charge in [-0.15, -0.1) is 0 Å². The highest BCUT2D eigenvalue weighted by atomic mass is 16.5. The van der Waals surface area contributed by atoms with Crippen LogP contribution >= 0.6 is 0 Å². The summed E-state index contributed by atoms with van der Waals surface area (Å²) in [6, 6.07) is 0.182. The average Bonchev–Trinajstić information content (AvgIpc) is 2.87. The number of methoxy groups -OCH3 is 2. The molecule has 21 heavy (non-hydrogen) atoms. The summed E-state index contributed by atoms with van der Waals surface area (Å²) in [6.45, 7) is 8.80. The number of esters is 1. The van der Waals surface area contributed by atoms with Crippen LogP contribution in [0, 0.1) is 17.8 Å². The molecule has 5 heteroatoms. The van der Waals surface area contributed by atoms with Crippen molar-refractivity contribution in [2.75, 3.05) is 20.8 Å². The molecule has 1 saturated heterocycles. The van der Waals surface area contributed by atoms with Crippen molar-refractivity contribution in [1.82, 2.24) is 4.90 Å². The Balaban J connectivity index is 2.88. The molecular formula is C16H29NO4. The van der Waals surface area contributed by atoms with E-state index >= 15 is 0 Å². The molecule has 0 unspecified atom stereocenters. The van der Waals surface area contributed by atoms with Crippen molar-refractivity contribution in [2.24, 2.45) is 17.8 Å². The van der Waals surface area contributed by atoms with Crippen molar-refractivity contribution in [3.05, 3.63) is 0 Å². The van der Waals surface area contributed by atoms with Gasteiger partial charge in [0.1, 0.15) is 0 Å². The summed E-state index contributed by atoms with van der Waals surface area (Å²) >= 11 is 0. The Morgan fingerprint density at radius 1 is 1.19 bits per heavy atom. The van der Waals surface area contributed by atoms with Crippen molar-refractivity contribution in [3.8, 4) is 0 Å². The molecule has 0 bridgehead atoms. The van der Waals surface area contributed by atoms with Gasteiger partial charge in [-0.3, -0.25) is 9.59 Å². The van der Waals surface area contributed by atoms with Crippen LogP contribution in [0.2, 0.25) is 0 Å². The highest BCUT2D eigenvalue weighted by molar-refractivity contribution is 5.84. The number of hydrogen-bond donors (Lipinski definition) is 0. The van der Waals surface area contributed by atoms with Gasteiger partial charge in [-0.2, -0.15) is 0 Å². The molecular weight excluding hydrogens is 270 g/mol. The van der Waals surface area contributed by atoms with Crippen molar-refractivity contribution in [2.45, 2.75) is 52.7 Å². The molecule has 1 amide bonds. The monoisotopic (exact) mass is 299 g/mol. The van der Waals surface area contributed by atoms with Gasteiger partial charge in [0, 0.05) is 19.7 Å². The Kier molecular flexibility index (Phi) is 6.65. The highest BCUT2D eigenvalue weighted by Crippen LogP contribution is 2.30. The predicted octanol–water partition coefficient (Wildman–Crippen LogP) is 2.09. The molecule has 3 atom stereocenters. The molecule has 1 aliphatic heterocycles. The SMILES string of the molecule is COC(=O)C[C@H](C(=O)N1C[C@H](OC)C[C@H]1C(C)C)C(C)C. The lowest BCUT2D eigenvalue weighted by atomic mass is 9.90. The van der Waals surface area contributed by atoms with Gasteiger partial charge in [-0.25, -0.2) is 0 Å². The Hall–Kier alpha value is -1.10. The van der Waals surface area contributed by atoms with E-state index in [9.17, 15) is 9.59 Å². The van der Waals surface area contributed by atoms with E-state index in [-0.39, 0.29) is 42.3 Å². The summed E-state index contributed by atoms with van der Waals surface area (Å²) in [5, 5.41) is 0. The smallest absolute Gasteiger partial charge is 0.306 e. The number of amides is 1. The summed E-state index contributed by atoms with van der Waals surface area (Å²) in [6.07, 6.45) is 1.10. The van der Waals surface area contributed by atoms with Crippen LogP contribution in [0.1, 0.15) is 40.5 Å². The van der Waals surface area contributed by atoms with Crippen LogP contribution in [0.25, 0.3) is 0 Å². The topological polar surface area (TPSA) is 55.8 Å². The van der Waals surface area contributed by atoms with Gasteiger partial charge in [0.2, 0.25) is 5.91 Å². The lowest BCUT2D eigenvalue weighted by molar-refractivity contribution is -0.148. The lowest BCUT2D eigenvalue weighted by Gasteiger charge is -2.32. The molecule has 1 aliphatic rings. The van der Waals surface area contributed by atoms with Crippen LogP contribution in [-0.2, 0) is 19.1 Å². The Morgan fingerprint density at radius 2 is 1.81 bits per heavy atom. The van der Waals surface area contributed by atoms with Crippen LogP contribution in [0.4, 0.5) is 0 Å². The van der Waals surface area contributed by atoms with E-state index in [2.05, 4.69) is 13.8 Å². The fraction of sp³-hybridized carbons (Fsp3) is 0.875. The predicted molar refractivity (Wildman–Crippen MR) is 80.7 cm³/mol. The maximum Gasteiger partial charge on any atom is 0.306 e. The molecule has 0 radical (unpaired) electrons. The fourth-order valence-corrected chi connectivity index (χ4v) is 2.97. The first-order chi connectivity index (χ1) is 9.81. The second kappa shape index (κ2) is 7.78. The second-order valence-corrected chi connectivity index (χ2v) is 6.53. The summed E-state index contributed by atoms with van der Waals surface area (Å²) in [4.78, 5) is 26.4. The summed E-state index contributed by atoms with van der Waals surface area (Å²) < 4.78 is 10.2. The van der Waals surface area contributed by atoms with Crippen LogP contribution in [-0.4, -0.2) is 49.7 Å². The molecule has 0 spiro atoms. The number of rotatable bonds is 6. The van der Waals surface area contributed by atoms with Crippen molar-refractivity contribution >= 4 is 11.9 Å². The molecule has 1 fully saturated rings. The molecule has 122 valence electrons. The third-order valence-corrected chi connectivity index (χ3v) is 4.43. The third-order valence-electron chi connectivity index (χ3n) is 4.43. The molecule has 0 aromatic carbocycles. The van der Waals surface area contributed by atoms with E-state index in [4.69, 9.17) is 9.47 Å². The number of carbonyl (C=O) groups is 2. The first kappa shape index (κ1) is 18.0. The number of hydrogen-bond acceptors (Lipinski definition) is 4. The zero-order valence-electron chi connectivity index (χ0n) is 14.1. The number of ether oxygens (including phenoxy) is 2. The minimum Gasteiger partial charge on any atom is -0.469 e. The van der Waals surface area contributed by atoms with E-state index in [1.54, 1.807) is 7.11 Å². The molecule has 0 aromatic rings. The number of carbonyl (C=O) groups excluding carboxylic acids is 2. The molecule has 0 N–H and O–H groups in total. The van der Waals surface area contributed by atoms with Gasteiger partial charge >= 0.3 is 5.97 Å². The normalized spacial score (nSPS) is 23.7. The Morgan fingerprint density at radius 3 is 2.24 bits per heavy atom. The fourth-order valence-electron chi connectivity index (χ4n) is 2.97. The van der Waals surface area contributed by atoms with Crippen molar-refractivity contribution in [3.63, 3.8) is 0 Å². The zero-order valence-corrected chi connectivity index (χ0v) is 14.1. The van der Waals surface area contributed by atoms with Gasteiger partial charge in [0.15, 0.2) is 0 Å². The molecule has 5 nitrogen and oxygen atoms in total. The summed E-state index contributed by atoms with van der Waals surface area (Å²) in [7, 11) is 3.04. The molecule has 0 aromatic heterocycles. The third kappa shape index (κ3) is 4.43. The van der Waals surface area contributed by atoms with Crippen molar-refractivity contribution < 1.29 is 19.1 Å². The number of likely N-dealkylation sites (tertiary alicyclic amines) is 1. The second-order valence-electron chi connectivity index (χ2n) is 6.53. The number of nitrogens with zero attached hydrogens (tertiary/aromatic N) is 1. The van der Waals surface area contributed by atoms with Crippen LogP contribution in [0.15, 0.2) is 0 Å². The maximum absolute atomic E-state index is 12.9. The minimum atomic E-state index is -0.328. The first-order valence-corrected chi connectivity index (χ1v) is 7.71. The summed E-state index contributed by atoms with van der Waals surface area (Å²) in [5.41, 5.74) is 0. The van der Waals surface area contributed by atoms with Crippen LogP contribution in [0.3, 0.4) is 0 Å². The molecule has 0 aliphatic carbocycles. The van der Waals surface area contributed by atoms with Gasteiger partial charge < -0.3 is 14.4 Å². The molecule has 1 rings (SSSR count). The van der Waals surface area contributed by atoms with Crippen LogP contribution in [0.5, 0.6) is 0 Å². The maximum atomic E-state index is 12.9. The standard InChI is InChI=1S/C16H29NO4/c1-10(2)13(8-15(18)21-6)16(19)17-9-12(20-5)7-14(17)11(3)4/h10-14H,7-9H2,1-6H3/t12-,13+,14+/m1/s1. The van der Waals surface area contributed by atoms with E-state index in [0.29, 0.717) is 12.5 Å².